The van der Waals surface area contributed by atoms with Gasteiger partial charge in [-0.1, -0.05) is 35.9 Å². The van der Waals surface area contributed by atoms with Crippen LogP contribution in [0.1, 0.15) is 61.4 Å². The molecular weight excluding hydrogens is 412 g/mol. The Hall–Kier alpha value is -2.45. The average Bonchev–Trinajstić information content (AvgIpc) is 2.79. The minimum absolute atomic E-state index is 0.170. The van der Waals surface area contributed by atoms with Crippen LogP contribution in [0.4, 0.5) is 11.4 Å². The zero-order chi connectivity index (χ0) is 23.3. The van der Waals surface area contributed by atoms with E-state index in [1.807, 2.05) is 12.1 Å². The fourth-order valence-electron chi connectivity index (χ4n) is 4.72. The average molecular weight is 449 g/mol. The molecule has 3 rings (SSSR count). The monoisotopic (exact) mass is 448 g/mol. The van der Waals surface area contributed by atoms with Crippen LogP contribution < -0.4 is 9.80 Å². The maximum Gasteiger partial charge on any atom is 0.0406 e. The highest BCUT2D eigenvalue weighted by atomic mass is 35.5. The quantitative estimate of drug-likeness (QED) is 0.307. The van der Waals surface area contributed by atoms with E-state index in [9.17, 15) is 0 Å². The normalized spacial score (nSPS) is 11.1. The third-order valence-electron chi connectivity index (χ3n) is 6.59. The summed E-state index contributed by atoms with van der Waals surface area (Å²) in [6.07, 6.45) is 0. The van der Waals surface area contributed by atoms with Crippen molar-refractivity contribution in [2.24, 2.45) is 0 Å². The van der Waals surface area contributed by atoms with Crippen LogP contribution in [-0.2, 0) is 0 Å². The van der Waals surface area contributed by atoms with E-state index >= 15 is 0 Å². The van der Waals surface area contributed by atoms with E-state index in [-0.39, 0.29) is 5.92 Å². The fraction of sp³-hybridized carbons (Fsp3) is 0.379. The summed E-state index contributed by atoms with van der Waals surface area (Å²) >= 11 is 6.23. The van der Waals surface area contributed by atoms with E-state index < -0.39 is 0 Å². The lowest BCUT2D eigenvalue weighted by atomic mass is 9.81. The largest absolute Gasteiger partial charge is 0.372 e. The van der Waals surface area contributed by atoms with Gasteiger partial charge in [-0.15, -0.1) is 0 Å². The molecule has 0 heterocycles. The van der Waals surface area contributed by atoms with Gasteiger partial charge >= 0.3 is 0 Å². The summed E-state index contributed by atoms with van der Waals surface area (Å²) in [7, 11) is 0. The molecule has 0 saturated heterocycles. The van der Waals surface area contributed by atoms with Crippen LogP contribution in [0.25, 0.3) is 0 Å². The van der Waals surface area contributed by atoms with Gasteiger partial charge in [-0.2, -0.15) is 0 Å². The lowest BCUT2D eigenvalue weighted by molar-refractivity contribution is 0.859. The van der Waals surface area contributed by atoms with E-state index in [1.54, 1.807) is 0 Å². The van der Waals surface area contributed by atoms with Crippen LogP contribution in [0.5, 0.6) is 0 Å². The van der Waals surface area contributed by atoms with Gasteiger partial charge in [0.25, 0.3) is 0 Å². The molecule has 0 aromatic heterocycles. The number of aryl methyl sites for hydroxylation is 2. The van der Waals surface area contributed by atoms with Crippen molar-refractivity contribution < 1.29 is 0 Å². The van der Waals surface area contributed by atoms with E-state index in [0.29, 0.717) is 0 Å². The summed E-state index contributed by atoms with van der Waals surface area (Å²) in [6.45, 7) is 17.4. The predicted molar refractivity (Wildman–Crippen MR) is 142 cm³/mol. The molecule has 0 aliphatic carbocycles. The Labute approximate surface area is 199 Å². The van der Waals surface area contributed by atoms with E-state index in [4.69, 9.17) is 11.6 Å². The first-order valence-corrected chi connectivity index (χ1v) is 12.3. The van der Waals surface area contributed by atoms with Crippen molar-refractivity contribution >= 4 is 23.0 Å². The Morgan fingerprint density at radius 1 is 0.625 bits per heavy atom. The minimum Gasteiger partial charge on any atom is -0.372 e. The summed E-state index contributed by atoms with van der Waals surface area (Å²) in [5.74, 6) is 0.170. The molecule has 3 heteroatoms. The number of rotatable bonds is 9. The van der Waals surface area contributed by atoms with E-state index in [1.165, 1.54) is 39.2 Å². The van der Waals surface area contributed by atoms with Crippen LogP contribution in [0, 0.1) is 13.8 Å². The van der Waals surface area contributed by atoms with Gasteiger partial charge in [0, 0.05) is 48.5 Å². The molecule has 0 N–H and O–H groups in total. The molecule has 0 radical (unpaired) electrons. The van der Waals surface area contributed by atoms with Gasteiger partial charge in [0.1, 0.15) is 0 Å². The third-order valence-corrected chi connectivity index (χ3v) is 6.84. The standard InChI is InChI=1S/C29H37ClN2/c1-7-31(8-2)25-15-17-27(21(5)19-25)29(23-11-13-24(30)14-12-23)28-18-16-26(20-22(28)6)32(9-3)10-4/h11-20,29H,7-10H2,1-6H3. The zero-order valence-electron chi connectivity index (χ0n) is 20.5. The molecule has 0 aliphatic rings. The molecule has 3 aromatic rings. The second-order valence-electron chi connectivity index (χ2n) is 8.41. The van der Waals surface area contributed by atoms with Crippen LogP contribution >= 0.6 is 11.6 Å². The number of halogens is 1. The van der Waals surface area contributed by atoms with Crippen molar-refractivity contribution in [1.29, 1.82) is 0 Å². The number of hydrogen-bond acceptors (Lipinski definition) is 2. The summed E-state index contributed by atoms with van der Waals surface area (Å²) in [6, 6.07) is 22.2. The Morgan fingerprint density at radius 2 is 1.03 bits per heavy atom. The lowest BCUT2D eigenvalue weighted by Gasteiger charge is -2.27. The van der Waals surface area contributed by atoms with Crippen LogP contribution in [0.3, 0.4) is 0 Å². The van der Waals surface area contributed by atoms with Crippen molar-refractivity contribution in [3.63, 3.8) is 0 Å². The van der Waals surface area contributed by atoms with Gasteiger partial charge < -0.3 is 9.80 Å². The first-order chi connectivity index (χ1) is 15.4. The first-order valence-electron chi connectivity index (χ1n) is 11.9. The topological polar surface area (TPSA) is 6.48 Å². The van der Waals surface area contributed by atoms with Gasteiger partial charge in [0.15, 0.2) is 0 Å². The van der Waals surface area contributed by atoms with Gasteiger partial charge in [0.2, 0.25) is 0 Å². The Kier molecular flexibility index (Phi) is 8.26. The van der Waals surface area contributed by atoms with Crippen molar-refractivity contribution in [1.82, 2.24) is 0 Å². The van der Waals surface area contributed by atoms with Gasteiger partial charge in [0.05, 0.1) is 0 Å². The molecule has 0 amide bonds. The molecule has 0 atom stereocenters. The SMILES string of the molecule is CCN(CC)c1ccc(C(c2ccc(Cl)cc2)c2ccc(N(CC)CC)cc2C)c(C)c1. The van der Waals surface area contributed by atoms with Crippen LogP contribution in [0.2, 0.25) is 5.02 Å². The molecule has 3 aromatic carbocycles. The van der Waals surface area contributed by atoms with E-state index in [0.717, 1.165) is 31.2 Å². The summed E-state index contributed by atoms with van der Waals surface area (Å²) < 4.78 is 0. The first kappa shape index (κ1) is 24.2. The molecule has 170 valence electrons. The maximum atomic E-state index is 6.23. The maximum absolute atomic E-state index is 6.23. The Bertz CT molecular complexity index is 956. The van der Waals surface area contributed by atoms with Crippen LogP contribution in [0.15, 0.2) is 60.7 Å². The molecule has 0 fully saturated rings. The number of benzene rings is 3. The van der Waals surface area contributed by atoms with Crippen molar-refractivity contribution in [3.8, 4) is 0 Å². The Balaban J connectivity index is 2.13. The molecule has 32 heavy (non-hydrogen) atoms. The summed E-state index contributed by atoms with van der Waals surface area (Å²) in [5, 5.41) is 0.773. The van der Waals surface area contributed by atoms with Crippen LogP contribution in [-0.4, -0.2) is 26.2 Å². The van der Waals surface area contributed by atoms with Gasteiger partial charge in [-0.3, -0.25) is 0 Å². The third kappa shape index (κ3) is 5.13. The minimum atomic E-state index is 0.170. The molecule has 0 aliphatic heterocycles. The van der Waals surface area contributed by atoms with Crippen molar-refractivity contribution in [3.05, 3.63) is 93.5 Å². The van der Waals surface area contributed by atoms with Gasteiger partial charge in [-0.25, -0.2) is 0 Å². The molecule has 2 nitrogen and oxygen atoms in total. The summed E-state index contributed by atoms with van der Waals surface area (Å²) in [5.41, 5.74) is 9.19. The second-order valence-corrected chi connectivity index (χ2v) is 8.85. The number of anilines is 2. The number of nitrogens with zero attached hydrogens (tertiary/aromatic N) is 2. The lowest BCUT2D eigenvalue weighted by Crippen LogP contribution is -2.22. The second kappa shape index (κ2) is 10.9. The van der Waals surface area contributed by atoms with Crippen molar-refractivity contribution in [2.45, 2.75) is 47.5 Å². The highest BCUT2D eigenvalue weighted by Crippen LogP contribution is 2.38. The predicted octanol–water partition coefficient (Wildman–Crippen LogP) is 7.83. The smallest absolute Gasteiger partial charge is 0.0406 e. The number of hydrogen-bond donors (Lipinski definition) is 0. The molecule has 0 spiro atoms. The van der Waals surface area contributed by atoms with E-state index in [2.05, 4.69) is 99.9 Å². The highest BCUT2D eigenvalue weighted by Gasteiger charge is 2.22. The van der Waals surface area contributed by atoms with Crippen molar-refractivity contribution in [2.75, 3.05) is 36.0 Å². The van der Waals surface area contributed by atoms with Gasteiger partial charge in [-0.05, 0) is 106 Å². The molecule has 0 unspecified atom stereocenters. The molecule has 0 saturated carbocycles. The molecule has 0 bridgehead atoms. The summed E-state index contributed by atoms with van der Waals surface area (Å²) in [4.78, 5) is 4.80. The molecular formula is C29H37ClN2. The highest BCUT2D eigenvalue weighted by molar-refractivity contribution is 6.30. The zero-order valence-corrected chi connectivity index (χ0v) is 21.2. The fourth-order valence-corrected chi connectivity index (χ4v) is 4.85. The Morgan fingerprint density at radius 3 is 1.38 bits per heavy atom.